The van der Waals surface area contributed by atoms with Crippen molar-refractivity contribution in [1.82, 2.24) is 5.32 Å². The summed E-state index contributed by atoms with van der Waals surface area (Å²) in [6, 6.07) is 2.73. The van der Waals surface area contributed by atoms with Crippen molar-refractivity contribution in [3.05, 3.63) is 50.4 Å². The molecule has 0 atom stereocenters. The maximum Gasteiger partial charge on any atom is 0.314 e. The Morgan fingerprint density at radius 1 is 1.07 bits per heavy atom. The van der Waals surface area contributed by atoms with E-state index in [0.717, 1.165) is 24.2 Å². The third-order valence-corrected chi connectivity index (χ3v) is 5.62. The molecule has 4 rings (SSSR count). The highest BCUT2D eigenvalue weighted by Crippen LogP contribution is 2.48. The monoisotopic (exact) mass is 384 g/mol. The number of hydrogen-bond acceptors (Lipinski definition) is 7. The zero-order valence-corrected chi connectivity index (χ0v) is 15.4. The number of Topliss-reactive ketones (excluding diaryl/α,β-unsaturated/α-hetero) is 2. The molecule has 0 fully saturated rings. The van der Waals surface area contributed by atoms with Crippen LogP contribution in [0.1, 0.15) is 50.0 Å². The van der Waals surface area contributed by atoms with Crippen molar-refractivity contribution in [2.24, 2.45) is 0 Å². The van der Waals surface area contributed by atoms with Gasteiger partial charge in [-0.05, 0) is 37.3 Å². The van der Waals surface area contributed by atoms with Crippen LogP contribution in [0.5, 0.6) is 11.5 Å². The van der Waals surface area contributed by atoms with Gasteiger partial charge in [-0.3, -0.25) is 19.7 Å². The smallest absolute Gasteiger partial charge is 0.314 e. The number of ether oxygens (including phenoxy) is 1. The fourth-order valence-electron chi connectivity index (χ4n) is 4.39. The number of methoxy groups -OCH3 is 1. The number of nitro groups is 1. The molecule has 2 aliphatic carbocycles. The lowest BCUT2D eigenvalue weighted by Gasteiger charge is -2.37. The Morgan fingerprint density at radius 2 is 1.64 bits per heavy atom. The number of carbonyl (C=O) groups is 2. The first kappa shape index (κ1) is 18.2. The minimum Gasteiger partial charge on any atom is -0.500 e. The highest BCUT2D eigenvalue weighted by molar-refractivity contribution is 6.06. The van der Waals surface area contributed by atoms with Crippen molar-refractivity contribution < 1.29 is 24.4 Å². The van der Waals surface area contributed by atoms with E-state index in [1.807, 2.05) is 0 Å². The van der Waals surface area contributed by atoms with Gasteiger partial charge >= 0.3 is 5.69 Å². The van der Waals surface area contributed by atoms with E-state index in [2.05, 4.69) is 5.32 Å². The van der Waals surface area contributed by atoms with E-state index < -0.39 is 22.3 Å². The molecule has 0 saturated heterocycles. The van der Waals surface area contributed by atoms with Crippen molar-refractivity contribution in [2.45, 2.75) is 44.4 Å². The molecule has 0 saturated carbocycles. The van der Waals surface area contributed by atoms with Crippen LogP contribution in [0.3, 0.4) is 0 Å². The lowest BCUT2D eigenvalue weighted by molar-refractivity contribution is -0.386. The van der Waals surface area contributed by atoms with Gasteiger partial charge in [0, 0.05) is 47.4 Å². The van der Waals surface area contributed by atoms with Gasteiger partial charge < -0.3 is 15.2 Å². The van der Waals surface area contributed by atoms with Crippen molar-refractivity contribution in [3.63, 3.8) is 0 Å². The van der Waals surface area contributed by atoms with Crippen molar-refractivity contribution in [2.75, 3.05) is 7.11 Å². The second-order valence-electron chi connectivity index (χ2n) is 7.24. The molecule has 3 aliphatic rings. The van der Waals surface area contributed by atoms with Crippen LogP contribution in [0.25, 0.3) is 0 Å². The topological polar surface area (TPSA) is 119 Å². The number of phenolic OH excluding ortho intramolecular Hbond substituents is 1. The van der Waals surface area contributed by atoms with Gasteiger partial charge in [-0.15, -0.1) is 0 Å². The van der Waals surface area contributed by atoms with Gasteiger partial charge in [0.2, 0.25) is 5.75 Å². The molecule has 0 bridgehead atoms. The quantitative estimate of drug-likeness (QED) is 0.607. The number of rotatable bonds is 3. The van der Waals surface area contributed by atoms with Gasteiger partial charge in [-0.25, -0.2) is 0 Å². The van der Waals surface area contributed by atoms with Crippen LogP contribution >= 0.6 is 0 Å². The maximum absolute atomic E-state index is 12.8. The first-order chi connectivity index (χ1) is 13.4. The van der Waals surface area contributed by atoms with E-state index in [0.29, 0.717) is 42.4 Å². The predicted molar refractivity (Wildman–Crippen MR) is 99.0 cm³/mol. The van der Waals surface area contributed by atoms with Crippen molar-refractivity contribution >= 4 is 17.3 Å². The van der Waals surface area contributed by atoms with Gasteiger partial charge in [0.1, 0.15) is 0 Å². The van der Waals surface area contributed by atoms with Crippen LogP contribution in [0.15, 0.2) is 34.7 Å². The second kappa shape index (κ2) is 6.78. The molecular weight excluding hydrogens is 364 g/mol. The molecule has 1 aliphatic heterocycles. The van der Waals surface area contributed by atoms with Crippen LogP contribution in [0.4, 0.5) is 5.69 Å². The zero-order valence-electron chi connectivity index (χ0n) is 15.4. The Morgan fingerprint density at radius 3 is 2.14 bits per heavy atom. The molecule has 1 aromatic rings. The molecule has 0 aromatic heterocycles. The summed E-state index contributed by atoms with van der Waals surface area (Å²) in [5.41, 5.74) is 2.50. The van der Waals surface area contributed by atoms with Crippen LogP contribution in [0, 0.1) is 10.1 Å². The third-order valence-electron chi connectivity index (χ3n) is 5.62. The van der Waals surface area contributed by atoms with Crippen molar-refractivity contribution in [3.8, 4) is 11.5 Å². The number of benzene rings is 1. The SMILES string of the molecule is COc1cc(C2C3=C(CCCC3=O)NC3=C2C(=O)CCC3)cc([N+](=O)[O-])c1O. The normalized spacial score (nSPS) is 19.9. The number of aromatic hydroxyl groups is 1. The molecular formula is C20H20N2O6. The minimum absolute atomic E-state index is 0.0569. The van der Waals surface area contributed by atoms with Crippen molar-refractivity contribution in [1.29, 1.82) is 0 Å². The molecule has 0 amide bonds. The van der Waals surface area contributed by atoms with E-state index in [9.17, 15) is 24.8 Å². The van der Waals surface area contributed by atoms with Crippen LogP contribution < -0.4 is 10.1 Å². The first-order valence-electron chi connectivity index (χ1n) is 9.27. The van der Waals surface area contributed by atoms with Gasteiger partial charge in [0.05, 0.1) is 12.0 Å². The van der Waals surface area contributed by atoms with Gasteiger partial charge in [-0.1, -0.05) is 0 Å². The highest BCUT2D eigenvalue weighted by Gasteiger charge is 2.41. The van der Waals surface area contributed by atoms with Gasteiger partial charge in [-0.2, -0.15) is 0 Å². The maximum atomic E-state index is 12.8. The molecule has 28 heavy (non-hydrogen) atoms. The minimum atomic E-state index is -0.696. The fourth-order valence-corrected chi connectivity index (χ4v) is 4.39. The zero-order chi connectivity index (χ0) is 20.0. The lowest BCUT2D eigenvalue weighted by atomic mass is 9.71. The fraction of sp³-hybridized carbons (Fsp3) is 0.400. The summed E-state index contributed by atoms with van der Waals surface area (Å²) in [5, 5.41) is 24.9. The number of nitrogens with zero attached hydrogens (tertiary/aromatic N) is 1. The van der Waals surface area contributed by atoms with E-state index in [1.54, 1.807) is 0 Å². The molecule has 1 aromatic carbocycles. The number of hydrogen-bond donors (Lipinski definition) is 2. The Labute approximate surface area is 161 Å². The molecule has 2 N–H and O–H groups in total. The van der Waals surface area contributed by atoms with E-state index in [-0.39, 0.29) is 17.3 Å². The summed E-state index contributed by atoms with van der Waals surface area (Å²) < 4.78 is 5.12. The van der Waals surface area contributed by atoms with E-state index in [1.165, 1.54) is 19.2 Å². The molecule has 146 valence electrons. The highest BCUT2D eigenvalue weighted by atomic mass is 16.6. The molecule has 1 heterocycles. The predicted octanol–water partition coefficient (Wildman–Crippen LogP) is 3.01. The summed E-state index contributed by atoms with van der Waals surface area (Å²) in [6.45, 7) is 0. The first-order valence-corrected chi connectivity index (χ1v) is 9.27. The molecule has 0 radical (unpaired) electrons. The van der Waals surface area contributed by atoms with Crippen LogP contribution in [0.2, 0.25) is 0 Å². The number of nitro benzene ring substituents is 1. The Bertz CT molecular complexity index is 933. The average Bonchev–Trinajstić information content (AvgIpc) is 2.67. The number of ketones is 2. The standard InChI is InChI=1S/C20H20N2O6/c1-28-16-9-10(8-13(20(16)25)22(26)27)17-18-11(4-2-6-14(18)23)21-12-5-3-7-15(24)19(12)17/h8-9,17,21,25H,2-7H2,1H3. The number of nitrogens with one attached hydrogen (secondary N) is 1. The Kier molecular flexibility index (Phi) is 4.41. The number of phenols is 1. The summed E-state index contributed by atoms with van der Waals surface area (Å²) in [6.07, 6.45) is 3.61. The molecule has 8 nitrogen and oxygen atoms in total. The van der Waals surface area contributed by atoms with E-state index in [4.69, 9.17) is 4.74 Å². The number of carbonyl (C=O) groups excluding carboxylic acids is 2. The summed E-state index contributed by atoms with van der Waals surface area (Å²) in [7, 11) is 1.30. The largest absolute Gasteiger partial charge is 0.500 e. The average molecular weight is 384 g/mol. The van der Waals surface area contributed by atoms with Gasteiger partial charge in [0.25, 0.3) is 0 Å². The van der Waals surface area contributed by atoms with Crippen LogP contribution in [-0.4, -0.2) is 28.7 Å². The van der Waals surface area contributed by atoms with Gasteiger partial charge in [0.15, 0.2) is 17.3 Å². The summed E-state index contributed by atoms with van der Waals surface area (Å²) in [5.74, 6) is -1.42. The number of allylic oxidation sites excluding steroid dienone is 4. The summed E-state index contributed by atoms with van der Waals surface area (Å²) >= 11 is 0. The molecule has 8 heteroatoms. The lowest BCUT2D eigenvalue weighted by Crippen LogP contribution is -2.36. The van der Waals surface area contributed by atoms with E-state index >= 15 is 0 Å². The Hall–Kier alpha value is -3.16. The molecule has 0 spiro atoms. The summed E-state index contributed by atoms with van der Waals surface area (Å²) in [4.78, 5) is 36.3. The molecule has 0 unspecified atom stereocenters. The second-order valence-corrected chi connectivity index (χ2v) is 7.24. The van der Waals surface area contributed by atoms with Crippen LogP contribution in [-0.2, 0) is 9.59 Å². The number of dihydropyridines is 1. The third kappa shape index (κ3) is 2.76. The Balaban J connectivity index is 1.97.